The van der Waals surface area contributed by atoms with Crippen molar-refractivity contribution in [2.24, 2.45) is 0 Å². The normalized spacial score (nSPS) is 10.4. The number of thioether (sulfide) groups is 1. The summed E-state index contributed by atoms with van der Waals surface area (Å²) in [6, 6.07) is 10.6. The van der Waals surface area contributed by atoms with Crippen LogP contribution in [0.25, 0.3) is 0 Å². The van der Waals surface area contributed by atoms with Crippen LogP contribution in [0.1, 0.15) is 23.1 Å². The van der Waals surface area contributed by atoms with Gasteiger partial charge in [0.2, 0.25) is 0 Å². The molecule has 0 unspecified atom stereocenters. The zero-order valence-corrected chi connectivity index (χ0v) is 13.6. The first-order chi connectivity index (χ1) is 10.1. The van der Waals surface area contributed by atoms with Crippen LogP contribution in [0.5, 0.6) is 0 Å². The Kier molecular flexibility index (Phi) is 5.91. The SMILES string of the molecule is CCOC(=O)c1cccc(CSc2c(Cl)cccc2Cl)n1. The van der Waals surface area contributed by atoms with Gasteiger partial charge in [-0.1, -0.05) is 35.3 Å². The van der Waals surface area contributed by atoms with Crippen molar-refractivity contribution in [2.45, 2.75) is 17.6 Å². The Morgan fingerprint density at radius 1 is 1.19 bits per heavy atom. The third kappa shape index (κ3) is 4.37. The van der Waals surface area contributed by atoms with E-state index in [9.17, 15) is 4.79 Å². The van der Waals surface area contributed by atoms with Crippen LogP contribution in [0, 0.1) is 0 Å². The highest BCUT2D eigenvalue weighted by molar-refractivity contribution is 7.98. The number of nitrogens with zero attached hydrogens (tertiary/aromatic N) is 1. The second-order valence-corrected chi connectivity index (χ2v) is 5.87. The van der Waals surface area contributed by atoms with Gasteiger partial charge in [0.05, 0.1) is 22.3 Å². The quantitative estimate of drug-likeness (QED) is 0.575. The minimum atomic E-state index is -0.417. The summed E-state index contributed by atoms with van der Waals surface area (Å²) in [5, 5.41) is 1.21. The van der Waals surface area contributed by atoms with Crippen molar-refractivity contribution in [3.8, 4) is 0 Å². The molecule has 0 saturated carbocycles. The third-order valence-corrected chi connectivity index (χ3v) is 4.60. The Labute approximate surface area is 137 Å². The van der Waals surface area contributed by atoms with Gasteiger partial charge in [-0.25, -0.2) is 9.78 Å². The molecular weight excluding hydrogens is 329 g/mol. The fourth-order valence-corrected chi connectivity index (χ4v) is 3.23. The van der Waals surface area contributed by atoms with Crippen molar-refractivity contribution in [3.63, 3.8) is 0 Å². The molecule has 0 saturated heterocycles. The van der Waals surface area contributed by atoms with Gasteiger partial charge in [0, 0.05) is 10.6 Å². The lowest BCUT2D eigenvalue weighted by Gasteiger charge is -2.07. The molecule has 0 aliphatic heterocycles. The summed E-state index contributed by atoms with van der Waals surface area (Å²) in [7, 11) is 0. The standard InChI is InChI=1S/C15H13Cl2NO2S/c1-2-20-15(19)13-8-3-5-10(18-13)9-21-14-11(16)6-4-7-12(14)17/h3-8H,2,9H2,1H3. The predicted molar refractivity (Wildman–Crippen MR) is 86.2 cm³/mol. The van der Waals surface area contributed by atoms with Gasteiger partial charge in [0.1, 0.15) is 5.69 Å². The Balaban J connectivity index is 2.10. The van der Waals surface area contributed by atoms with E-state index in [0.29, 0.717) is 28.1 Å². The molecule has 21 heavy (non-hydrogen) atoms. The van der Waals surface area contributed by atoms with Gasteiger partial charge in [-0.05, 0) is 31.2 Å². The molecule has 0 atom stereocenters. The van der Waals surface area contributed by atoms with Crippen LogP contribution in [0.4, 0.5) is 0 Å². The summed E-state index contributed by atoms with van der Waals surface area (Å²) >= 11 is 13.7. The number of carbonyl (C=O) groups excluding carboxylic acids is 1. The number of benzene rings is 1. The average Bonchev–Trinajstić information content (AvgIpc) is 2.47. The maximum Gasteiger partial charge on any atom is 0.356 e. The number of aromatic nitrogens is 1. The molecule has 0 bridgehead atoms. The molecule has 0 radical (unpaired) electrons. The third-order valence-electron chi connectivity index (χ3n) is 2.57. The first kappa shape index (κ1) is 16.1. The van der Waals surface area contributed by atoms with Gasteiger partial charge in [-0.15, -0.1) is 11.8 Å². The first-order valence-corrected chi connectivity index (χ1v) is 8.06. The maximum absolute atomic E-state index is 11.6. The predicted octanol–water partition coefficient (Wildman–Crippen LogP) is 4.86. The fraction of sp³-hybridized carbons (Fsp3) is 0.200. The van der Waals surface area contributed by atoms with E-state index < -0.39 is 5.97 Å². The highest BCUT2D eigenvalue weighted by Gasteiger charge is 2.10. The summed E-state index contributed by atoms with van der Waals surface area (Å²) in [5.41, 5.74) is 1.07. The van der Waals surface area contributed by atoms with Crippen molar-refractivity contribution in [1.82, 2.24) is 4.98 Å². The van der Waals surface area contributed by atoms with Gasteiger partial charge in [0.25, 0.3) is 0 Å². The monoisotopic (exact) mass is 341 g/mol. The number of hydrogen-bond donors (Lipinski definition) is 0. The van der Waals surface area contributed by atoms with E-state index >= 15 is 0 Å². The van der Waals surface area contributed by atoms with Crippen molar-refractivity contribution < 1.29 is 9.53 Å². The molecule has 0 N–H and O–H groups in total. The second kappa shape index (κ2) is 7.69. The van der Waals surface area contributed by atoms with Gasteiger partial charge < -0.3 is 4.74 Å². The van der Waals surface area contributed by atoms with Crippen molar-refractivity contribution in [2.75, 3.05) is 6.61 Å². The molecule has 1 heterocycles. The molecule has 0 amide bonds. The van der Waals surface area contributed by atoms with E-state index in [1.165, 1.54) is 11.8 Å². The van der Waals surface area contributed by atoms with E-state index in [1.54, 1.807) is 37.3 Å². The molecule has 2 rings (SSSR count). The molecule has 0 aliphatic carbocycles. The summed E-state index contributed by atoms with van der Waals surface area (Å²) in [4.78, 5) is 16.7. The lowest BCUT2D eigenvalue weighted by atomic mass is 10.3. The van der Waals surface area contributed by atoms with Crippen LogP contribution in [0.15, 0.2) is 41.3 Å². The number of halogens is 2. The molecular formula is C15H13Cl2NO2S. The lowest BCUT2D eigenvalue weighted by molar-refractivity contribution is 0.0519. The van der Waals surface area contributed by atoms with Crippen molar-refractivity contribution >= 4 is 40.9 Å². The molecule has 0 fully saturated rings. The first-order valence-electron chi connectivity index (χ1n) is 6.31. The van der Waals surface area contributed by atoms with E-state index in [4.69, 9.17) is 27.9 Å². The van der Waals surface area contributed by atoms with Crippen molar-refractivity contribution in [1.29, 1.82) is 0 Å². The number of pyridine rings is 1. The molecule has 1 aromatic carbocycles. The summed E-state index contributed by atoms with van der Waals surface area (Å²) < 4.78 is 4.93. The van der Waals surface area contributed by atoms with Gasteiger partial charge in [-0.3, -0.25) is 0 Å². The average molecular weight is 342 g/mol. The van der Waals surface area contributed by atoms with Gasteiger partial charge in [0.15, 0.2) is 0 Å². The van der Waals surface area contributed by atoms with Crippen LogP contribution in [-0.4, -0.2) is 17.6 Å². The van der Waals surface area contributed by atoms with Gasteiger partial charge >= 0.3 is 5.97 Å². The molecule has 110 valence electrons. The number of rotatable bonds is 5. The fourth-order valence-electron chi connectivity index (χ4n) is 1.65. The van der Waals surface area contributed by atoms with E-state index in [2.05, 4.69) is 4.98 Å². The van der Waals surface area contributed by atoms with Crippen LogP contribution in [0.3, 0.4) is 0 Å². The Morgan fingerprint density at radius 2 is 1.86 bits per heavy atom. The summed E-state index contributed by atoms with van der Waals surface area (Å²) in [6.45, 7) is 2.09. The van der Waals surface area contributed by atoms with E-state index in [0.717, 1.165) is 10.6 Å². The highest BCUT2D eigenvalue weighted by Crippen LogP contribution is 2.35. The number of carbonyl (C=O) groups is 1. The Hall–Kier alpha value is -1.23. The minimum Gasteiger partial charge on any atom is -0.461 e. The summed E-state index contributed by atoms with van der Waals surface area (Å²) in [6.07, 6.45) is 0. The zero-order valence-electron chi connectivity index (χ0n) is 11.3. The highest BCUT2D eigenvalue weighted by atomic mass is 35.5. The van der Waals surface area contributed by atoms with E-state index in [-0.39, 0.29) is 0 Å². The molecule has 6 heteroatoms. The Morgan fingerprint density at radius 3 is 2.52 bits per heavy atom. The van der Waals surface area contributed by atoms with Gasteiger partial charge in [-0.2, -0.15) is 0 Å². The van der Waals surface area contributed by atoms with E-state index in [1.807, 2.05) is 6.07 Å². The lowest BCUT2D eigenvalue weighted by Crippen LogP contribution is -2.07. The van der Waals surface area contributed by atoms with Crippen LogP contribution in [0.2, 0.25) is 10.0 Å². The number of ether oxygens (including phenoxy) is 1. The Bertz CT molecular complexity index is 629. The van der Waals surface area contributed by atoms with Crippen LogP contribution < -0.4 is 0 Å². The topological polar surface area (TPSA) is 39.2 Å². The second-order valence-electron chi connectivity index (χ2n) is 4.07. The van der Waals surface area contributed by atoms with Crippen LogP contribution >= 0.6 is 35.0 Å². The maximum atomic E-state index is 11.6. The van der Waals surface area contributed by atoms with Crippen LogP contribution in [-0.2, 0) is 10.5 Å². The van der Waals surface area contributed by atoms with Crippen molar-refractivity contribution in [3.05, 3.63) is 57.8 Å². The number of esters is 1. The molecule has 0 spiro atoms. The smallest absolute Gasteiger partial charge is 0.356 e. The zero-order chi connectivity index (χ0) is 15.2. The molecule has 3 nitrogen and oxygen atoms in total. The number of hydrogen-bond acceptors (Lipinski definition) is 4. The molecule has 0 aliphatic rings. The largest absolute Gasteiger partial charge is 0.461 e. The summed E-state index contributed by atoms with van der Waals surface area (Å²) in [5.74, 6) is 0.150. The minimum absolute atomic E-state index is 0.306. The molecule has 1 aromatic heterocycles. The molecule has 2 aromatic rings.